The average Bonchev–Trinajstić information content (AvgIpc) is 3.29. The second-order valence-electron chi connectivity index (χ2n) is 16.2. The van der Waals surface area contributed by atoms with Crippen LogP contribution in [-0.4, -0.2) is 86.8 Å². The number of nitrogens with one attached hydrogen (secondary N) is 1. The third-order valence-corrected chi connectivity index (χ3v) is 12.0. The number of methoxy groups -OCH3 is 1. The van der Waals surface area contributed by atoms with Crippen LogP contribution in [0.1, 0.15) is 45.7 Å². The Morgan fingerprint density at radius 1 is 0.700 bits per heavy atom. The Morgan fingerprint density at radius 2 is 1.23 bits per heavy atom. The van der Waals surface area contributed by atoms with Gasteiger partial charge in [0.2, 0.25) is 0 Å². The molecule has 7 nitrogen and oxygen atoms in total. The molecule has 1 N–H and O–H groups in total. The first-order valence-corrected chi connectivity index (χ1v) is 21.0. The third kappa shape index (κ3) is 9.02. The average molecular weight is 795 g/mol. The molecule has 0 saturated carbocycles. The number of hydrogen-bond acceptors (Lipinski definition) is 5. The first-order chi connectivity index (χ1) is 29.4. The third-order valence-electron chi connectivity index (χ3n) is 12.0. The van der Waals surface area contributed by atoms with Crippen LogP contribution in [0, 0.1) is 17.8 Å². The molecule has 0 aliphatic carbocycles. The molecule has 2 heterocycles. The lowest BCUT2D eigenvalue weighted by molar-refractivity contribution is -0.109. The maximum atomic E-state index is 14.2. The van der Waals surface area contributed by atoms with Crippen LogP contribution in [0.3, 0.4) is 0 Å². The Morgan fingerprint density at radius 3 is 1.77 bits per heavy atom. The van der Waals surface area contributed by atoms with Crippen LogP contribution in [0.15, 0.2) is 170 Å². The summed E-state index contributed by atoms with van der Waals surface area (Å²) in [6.07, 6.45) is 0.895. The molecular formula is C53H54N4O3. The highest BCUT2D eigenvalue weighted by atomic mass is 16.5. The van der Waals surface area contributed by atoms with Crippen molar-refractivity contribution in [2.24, 2.45) is 5.92 Å². The predicted octanol–water partition coefficient (Wildman–Crippen LogP) is 9.36. The molecule has 2 aliphatic rings. The van der Waals surface area contributed by atoms with Crippen molar-refractivity contribution in [1.29, 1.82) is 0 Å². The topological polar surface area (TPSA) is 57.3 Å². The summed E-state index contributed by atoms with van der Waals surface area (Å²) in [5.74, 6) is 7.87. The predicted molar refractivity (Wildman–Crippen MR) is 241 cm³/mol. The van der Waals surface area contributed by atoms with Crippen LogP contribution >= 0.6 is 0 Å². The van der Waals surface area contributed by atoms with Gasteiger partial charge in [-0.1, -0.05) is 133 Å². The molecule has 2 aliphatic heterocycles. The van der Waals surface area contributed by atoms with Crippen molar-refractivity contribution in [1.82, 2.24) is 14.7 Å². The fraction of sp³-hybridized carbons (Fsp3) is 0.264. The fourth-order valence-electron chi connectivity index (χ4n) is 9.15. The molecule has 0 spiro atoms. The fourth-order valence-corrected chi connectivity index (χ4v) is 9.15. The van der Waals surface area contributed by atoms with E-state index >= 15 is 0 Å². The number of carbonyl (C=O) groups excluding carboxylic acids is 1. The highest BCUT2D eigenvalue weighted by molar-refractivity contribution is 5.89. The van der Waals surface area contributed by atoms with Crippen LogP contribution in [0.4, 0.5) is 10.5 Å². The molecule has 0 radical (unpaired) electrons. The van der Waals surface area contributed by atoms with Crippen LogP contribution in [-0.2, 0) is 10.3 Å². The summed E-state index contributed by atoms with van der Waals surface area (Å²) >= 11 is 0. The van der Waals surface area contributed by atoms with Crippen molar-refractivity contribution in [3.8, 4) is 17.6 Å². The summed E-state index contributed by atoms with van der Waals surface area (Å²) in [6, 6.07) is 58.2. The molecule has 4 atom stereocenters. The van der Waals surface area contributed by atoms with Gasteiger partial charge in [-0.05, 0) is 97.2 Å². The number of carbonyl (C=O) groups is 1. The molecule has 304 valence electrons. The first kappa shape index (κ1) is 40.6. The minimum Gasteiger partial charge on any atom is -0.497 e. The van der Waals surface area contributed by atoms with Gasteiger partial charge in [0.05, 0.1) is 13.7 Å². The van der Waals surface area contributed by atoms with Crippen molar-refractivity contribution in [3.63, 3.8) is 0 Å². The van der Waals surface area contributed by atoms with Gasteiger partial charge in [-0.2, -0.15) is 0 Å². The van der Waals surface area contributed by atoms with Crippen molar-refractivity contribution >= 4 is 11.7 Å². The standard InChI is InChI=1S/C53H54N4O3/c1-55(2)36-42-34-35-56(52(58)54-47-30-32-48(59-3)33-31-47)38-49-51(43-28-26-41(27-29-43)25-24-40-16-8-4-9-17-40)50(57(49)37-42)39-60-53(44-18-10-5-11-19-44,45-20-12-6-13-21-45)46-22-14-7-15-23-46/h4-23,26-33,42,49-51H,34-39H2,1-3H3,(H,54,58)/t42?,49?,50-,51?/m1/s1. The van der Waals surface area contributed by atoms with Crippen LogP contribution in [0.25, 0.3) is 0 Å². The van der Waals surface area contributed by atoms with E-state index in [4.69, 9.17) is 9.47 Å². The Labute approximate surface area is 355 Å². The summed E-state index contributed by atoms with van der Waals surface area (Å²) in [4.78, 5) is 21.1. The molecule has 0 bridgehead atoms. The molecule has 6 aromatic rings. The Hall–Kier alpha value is -6.17. The maximum Gasteiger partial charge on any atom is 0.321 e. The number of anilines is 1. The highest BCUT2D eigenvalue weighted by Crippen LogP contribution is 2.46. The van der Waals surface area contributed by atoms with E-state index in [0.717, 1.165) is 58.8 Å². The normalized spacial score (nSPS) is 19.2. The van der Waals surface area contributed by atoms with Gasteiger partial charge >= 0.3 is 6.03 Å². The van der Waals surface area contributed by atoms with Gasteiger partial charge in [-0.3, -0.25) is 4.90 Å². The van der Waals surface area contributed by atoms with E-state index in [1.807, 2.05) is 59.5 Å². The molecule has 0 aromatic heterocycles. The minimum atomic E-state index is -0.855. The van der Waals surface area contributed by atoms with E-state index in [1.165, 1.54) is 5.56 Å². The highest BCUT2D eigenvalue weighted by Gasteiger charge is 2.52. The van der Waals surface area contributed by atoms with Crippen molar-refractivity contribution in [3.05, 3.63) is 203 Å². The van der Waals surface area contributed by atoms with E-state index in [0.29, 0.717) is 25.6 Å². The van der Waals surface area contributed by atoms with Crippen LogP contribution in [0.5, 0.6) is 5.75 Å². The zero-order chi connectivity index (χ0) is 41.3. The van der Waals surface area contributed by atoms with Gasteiger partial charge in [-0.25, -0.2) is 4.79 Å². The summed E-state index contributed by atoms with van der Waals surface area (Å²) in [5, 5.41) is 3.19. The number of urea groups is 1. The molecule has 2 fully saturated rings. The molecule has 6 aromatic carbocycles. The van der Waals surface area contributed by atoms with Crippen LogP contribution in [0.2, 0.25) is 0 Å². The van der Waals surface area contributed by atoms with Gasteiger partial charge in [0, 0.05) is 61.0 Å². The lowest BCUT2D eigenvalue weighted by atomic mass is 9.73. The monoisotopic (exact) mass is 794 g/mol. The molecule has 3 unspecified atom stereocenters. The molecular weight excluding hydrogens is 741 g/mol. The summed E-state index contributed by atoms with van der Waals surface area (Å²) in [7, 11) is 5.92. The number of benzene rings is 6. The smallest absolute Gasteiger partial charge is 0.321 e. The second-order valence-corrected chi connectivity index (χ2v) is 16.2. The number of nitrogens with zero attached hydrogens (tertiary/aromatic N) is 3. The zero-order valence-electron chi connectivity index (χ0n) is 34.8. The molecule has 2 saturated heterocycles. The number of fused-ring (bicyclic) bond motifs is 1. The summed E-state index contributed by atoms with van der Waals surface area (Å²) in [6.45, 7) is 3.58. The maximum absolute atomic E-state index is 14.2. The number of amides is 2. The van der Waals surface area contributed by atoms with E-state index < -0.39 is 5.60 Å². The van der Waals surface area contributed by atoms with E-state index in [2.05, 4.69) is 156 Å². The number of hydrogen-bond donors (Lipinski definition) is 1. The van der Waals surface area contributed by atoms with Crippen molar-refractivity contribution in [2.75, 3.05) is 59.3 Å². The second kappa shape index (κ2) is 18.8. The zero-order valence-corrected chi connectivity index (χ0v) is 34.8. The van der Waals surface area contributed by atoms with Crippen molar-refractivity contribution in [2.45, 2.75) is 30.0 Å². The van der Waals surface area contributed by atoms with Gasteiger partial charge in [0.1, 0.15) is 11.4 Å². The minimum absolute atomic E-state index is 0.0426. The van der Waals surface area contributed by atoms with E-state index in [-0.39, 0.29) is 24.0 Å². The van der Waals surface area contributed by atoms with Gasteiger partial charge < -0.3 is 24.6 Å². The summed E-state index contributed by atoms with van der Waals surface area (Å²) < 4.78 is 13.0. The van der Waals surface area contributed by atoms with Crippen LogP contribution < -0.4 is 10.1 Å². The Kier molecular flexibility index (Phi) is 12.7. The Balaban J connectivity index is 1.17. The van der Waals surface area contributed by atoms with E-state index in [9.17, 15) is 4.79 Å². The lowest BCUT2D eigenvalue weighted by Crippen LogP contribution is -2.69. The molecule has 60 heavy (non-hydrogen) atoms. The number of ether oxygens (including phenoxy) is 2. The van der Waals surface area contributed by atoms with Gasteiger partial charge in [-0.15, -0.1) is 0 Å². The molecule has 8 rings (SSSR count). The van der Waals surface area contributed by atoms with Gasteiger partial charge in [0.25, 0.3) is 0 Å². The first-order valence-electron chi connectivity index (χ1n) is 21.0. The van der Waals surface area contributed by atoms with E-state index in [1.54, 1.807) is 7.11 Å². The van der Waals surface area contributed by atoms with Gasteiger partial charge in [0.15, 0.2) is 0 Å². The molecule has 2 amide bonds. The largest absolute Gasteiger partial charge is 0.497 e. The Bertz CT molecular complexity index is 2250. The van der Waals surface area contributed by atoms with Crippen molar-refractivity contribution < 1.29 is 14.3 Å². The number of rotatable bonds is 11. The lowest BCUT2D eigenvalue weighted by Gasteiger charge is -2.59. The summed E-state index contributed by atoms with van der Waals surface area (Å²) in [5.41, 5.74) is 6.30. The SMILES string of the molecule is COc1ccc(NC(=O)N2CCC(CN(C)C)CN3C(C2)C(c2ccc(C#Cc4ccccc4)cc2)[C@H]3COC(c2ccccc2)(c2ccccc2)c2ccccc2)cc1. The molecule has 7 heteroatoms. The quantitative estimate of drug-likeness (QED) is 0.105.